The summed E-state index contributed by atoms with van der Waals surface area (Å²) in [6.45, 7) is 10.4. The molecule has 1 saturated heterocycles. The van der Waals surface area contributed by atoms with Gasteiger partial charge in [0.1, 0.15) is 5.76 Å². The van der Waals surface area contributed by atoms with Crippen LogP contribution in [0.4, 0.5) is 10.6 Å². The van der Waals surface area contributed by atoms with Crippen molar-refractivity contribution in [1.82, 2.24) is 10.1 Å². The summed E-state index contributed by atoms with van der Waals surface area (Å²) >= 11 is 0. The van der Waals surface area contributed by atoms with Crippen LogP contribution in [0.2, 0.25) is 0 Å². The average molecular weight is 341 g/mol. The zero-order valence-corrected chi connectivity index (χ0v) is 14.8. The van der Waals surface area contributed by atoms with E-state index < -0.39 is 11.6 Å². The Labute approximate surface area is 147 Å². The lowest BCUT2D eigenvalue weighted by atomic mass is 9.80. The fourth-order valence-corrected chi connectivity index (χ4v) is 3.28. The average Bonchev–Trinajstić information content (AvgIpc) is 3.14. The van der Waals surface area contributed by atoms with Crippen molar-refractivity contribution in [2.75, 3.05) is 18.0 Å². The summed E-state index contributed by atoms with van der Waals surface area (Å²) in [5.41, 5.74) is 1.87. The number of anilines is 1. The maximum absolute atomic E-state index is 12.5. The first-order valence-corrected chi connectivity index (χ1v) is 8.26. The van der Waals surface area contributed by atoms with E-state index in [4.69, 9.17) is 4.52 Å². The zero-order valence-electron chi connectivity index (χ0n) is 14.8. The van der Waals surface area contributed by atoms with Crippen molar-refractivity contribution in [1.29, 1.82) is 0 Å². The lowest BCUT2D eigenvalue weighted by molar-refractivity contribution is 0.179. The molecule has 2 aromatic rings. The molecule has 1 unspecified atom stereocenters. The van der Waals surface area contributed by atoms with Gasteiger partial charge in [-0.1, -0.05) is 35.5 Å². The van der Waals surface area contributed by atoms with Gasteiger partial charge in [0, 0.05) is 12.6 Å². The quantitative estimate of drug-likeness (QED) is 0.849. The highest BCUT2D eigenvalue weighted by molar-refractivity contribution is 5.93. The van der Waals surface area contributed by atoms with Gasteiger partial charge in [0.25, 0.3) is 0 Å². The van der Waals surface area contributed by atoms with Crippen LogP contribution in [-0.4, -0.2) is 40.5 Å². The Morgan fingerprint density at radius 3 is 2.84 bits per heavy atom. The number of β-amino-alcohol motifs (C(OH)–C–C–N with tert-alkyl or cyclic N) is 1. The van der Waals surface area contributed by atoms with Crippen molar-refractivity contribution in [2.24, 2.45) is 0 Å². The number of rotatable bonds is 5. The van der Waals surface area contributed by atoms with Crippen LogP contribution in [0.5, 0.6) is 0 Å². The van der Waals surface area contributed by atoms with Crippen molar-refractivity contribution < 1.29 is 14.4 Å². The van der Waals surface area contributed by atoms with Crippen molar-refractivity contribution >= 4 is 11.8 Å². The van der Waals surface area contributed by atoms with E-state index in [2.05, 4.69) is 30.8 Å². The predicted molar refractivity (Wildman–Crippen MR) is 95.5 cm³/mol. The zero-order chi connectivity index (χ0) is 18.2. The molecule has 0 radical (unpaired) electrons. The molecule has 0 bridgehead atoms. The van der Waals surface area contributed by atoms with E-state index in [0.29, 0.717) is 18.1 Å². The number of aryl methyl sites for hydroxylation is 1. The Hall–Kier alpha value is -2.60. The summed E-state index contributed by atoms with van der Waals surface area (Å²) in [7, 11) is 0. The second-order valence-corrected chi connectivity index (χ2v) is 6.82. The van der Waals surface area contributed by atoms with Gasteiger partial charge in [0.05, 0.1) is 12.0 Å². The molecule has 1 fully saturated rings. The third-order valence-corrected chi connectivity index (χ3v) is 4.69. The van der Waals surface area contributed by atoms with E-state index in [0.717, 1.165) is 11.1 Å². The molecule has 6 heteroatoms. The maximum atomic E-state index is 12.5. The highest BCUT2D eigenvalue weighted by atomic mass is 16.5. The molecule has 0 saturated carbocycles. The standard InChI is InChI=1S/C19H23N3O3/c1-5-10-21-12-17(23)22(18(21)24)16-11-15(25-20-16)19(3,4)14-9-7-6-8-13(14)2/h5-9,11,17,23H,1,10,12H2,2-4H3. The number of carbonyl (C=O) groups excluding carboxylic acids is 1. The Morgan fingerprint density at radius 2 is 2.16 bits per heavy atom. The molecule has 1 aliphatic rings. The second kappa shape index (κ2) is 6.37. The number of nitrogens with zero attached hydrogens (tertiary/aromatic N) is 3. The highest BCUT2D eigenvalue weighted by Gasteiger charge is 2.39. The number of aromatic nitrogens is 1. The van der Waals surface area contributed by atoms with E-state index in [9.17, 15) is 9.90 Å². The van der Waals surface area contributed by atoms with Crippen molar-refractivity contribution in [3.8, 4) is 0 Å². The molecule has 3 rings (SSSR count). The fraction of sp³-hybridized carbons (Fsp3) is 0.368. The molecule has 2 heterocycles. The second-order valence-electron chi connectivity index (χ2n) is 6.82. The van der Waals surface area contributed by atoms with Gasteiger partial charge in [-0.2, -0.15) is 0 Å². The topological polar surface area (TPSA) is 69.8 Å². The van der Waals surface area contributed by atoms with Crippen LogP contribution in [-0.2, 0) is 5.41 Å². The Kier molecular flexibility index (Phi) is 4.39. The van der Waals surface area contributed by atoms with Gasteiger partial charge in [-0.15, -0.1) is 6.58 Å². The Balaban J connectivity index is 1.91. The Bertz CT molecular complexity index is 797. The Morgan fingerprint density at radius 1 is 1.44 bits per heavy atom. The number of aliphatic hydroxyl groups excluding tert-OH is 1. The number of benzene rings is 1. The number of urea groups is 1. The lowest BCUT2D eigenvalue weighted by Crippen LogP contribution is -2.35. The van der Waals surface area contributed by atoms with Gasteiger partial charge < -0.3 is 14.5 Å². The van der Waals surface area contributed by atoms with E-state index in [1.807, 2.05) is 26.0 Å². The number of amides is 2. The molecule has 2 amide bonds. The summed E-state index contributed by atoms with van der Waals surface area (Å²) in [4.78, 5) is 15.2. The van der Waals surface area contributed by atoms with Gasteiger partial charge in [-0.05, 0) is 31.9 Å². The summed E-state index contributed by atoms with van der Waals surface area (Å²) < 4.78 is 5.55. The first kappa shape index (κ1) is 17.2. The molecule has 1 atom stereocenters. The molecule has 1 N–H and O–H groups in total. The monoisotopic (exact) mass is 341 g/mol. The van der Waals surface area contributed by atoms with Crippen molar-refractivity contribution in [2.45, 2.75) is 32.4 Å². The number of hydrogen-bond acceptors (Lipinski definition) is 4. The van der Waals surface area contributed by atoms with Gasteiger partial charge in [-0.25, -0.2) is 9.69 Å². The number of carbonyl (C=O) groups is 1. The molecule has 1 aromatic carbocycles. The minimum atomic E-state index is -0.952. The fourth-order valence-electron chi connectivity index (χ4n) is 3.28. The minimum absolute atomic E-state index is 0.217. The summed E-state index contributed by atoms with van der Waals surface area (Å²) in [5, 5.41) is 14.3. The third-order valence-electron chi connectivity index (χ3n) is 4.69. The smallest absolute Gasteiger partial charge is 0.328 e. The lowest BCUT2D eigenvalue weighted by Gasteiger charge is -2.23. The number of aliphatic hydroxyl groups is 1. The third kappa shape index (κ3) is 2.93. The van der Waals surface area contributed by atoms with Crippen LogP contribution in [0, 0.1) is 6.92 Å². The molecule has 0 spiro atoms. The molecule has 0 aliphatic carbocycles. The highest BCUT2D eigenvalue weighted by Crippen LogP contribution is 2.36. The SMILES string of the molecule is C=CCN1CC(O)N(c2cc(C(C)(C)c3ccccc3C)on2)C1=O. The van der Waals surface area contributed by atoms with Crippen LogP contribution < -0.4 is 4.90 Å². The van der Waals surface area contributed by atoms with E-state index >= 15 is 0 Å². The van der Waals surface area contributed by atoms with Gasteiger partial charge >= 0.3 is 6.03 Å². The summed E-state index contributed by atoms with van der Waals surface area (Å²) in [6, 6.07) is 9.51. The van der Waals surface area contributed by atoms with Crippen LogP contribution in [0.15, 0.2) is 47.5 Å². The molecule has 6 nitrogen and oxygen atoms in total. The predicted octanol–water partition coefficient (Wildman–Crippen LogP) is 3.06. The van der Waals surface area contributed by atoms with Gasteiger partial charge in [0.2, 0.25) is 0 Å². The molecule has 25 heavy (non-hydrogen) atoms. The maximum Gasteiger partial charge on any atom is 0.328 e. The molecule has 132 valence electrons. The van der Waals surface area contributed by atoms with Crippen molar-refractivity contribution in [3.63, 3.8) is 0 Å². The summed E-state index contributed by atoms with van der Waals surface area (Å²) in [6.07, 6.45) is 0.677. The van der Waals surface area contributed by atoms with E-state index in [1.54, 1.807) is 12.1 Å². The first-order valence-electron chi connectivity index (χ1n) is 8.26. The molecular formula is C19H23N3O3. The molecular weight excluding hydrogens is 318 g/mol. The largest absolute Gasteiger partial charge is 0.371 e. The van der Waals surface area contributed by atoms with Crippen LogP contribution in [0.3, 0.4) is 0 Å². The van der Waals surface area contributed by atoms with Crippen molar-refractivity contribution in [3.05, 3.63) is 59.9 Å². The van der Waals surface area contributed by atoms with Gasteiger partial charge in [-0.3, -0.25) is 0 Å². The first-order chi connectivity index (χ1) is 11.9. The molecule has 1 aliphatic heterocycles. The normalized spacial score (nSPS) is 18.1. The van der Waals surface area contributed by atoms with Crippen LogP contribution in [0.1, 0.15) is 30.7 Å². The van der Waals surface area contributed by atoms with E-state index in [-0.39, 0.29) is 12.6 Å². The molecule has 1 aromatic heterocycles. The van der Waals surface area contributed by atoms with Crippen LogP contribution >= 0.6 is 0 Å². The van der Waals surface area contributed by atoms with Crippen LogP contribution in [0.25, 0.3) is 0 Å². The number of hydrogen-bond donors (Lipinski definition) is 1. The van der Waals surface area contributed by atoms with Gasteiger partial charge in [0.15, 0.2) is 12.0 Å². The summed E-state index contributed by atoms with van der Waals surface area (Å²) in [5.74, 6) is 0.958. The van der Waals surface area contributed by atoms with E-state index in [1.165, 1.54) is 9.80 Å². The minimum Gasteiger partial charge on any atom is -0.371 e.